The van der Waals surface area contributed by atoms with E-state index in [-0.39, 0.29) is 5.91 Å². The van der Waals surface area contributed by atoms with Crippen molar-refractivity contribution in [3.05, 3.63) is 82.7 Å². The average molecular weight is 360 g/mol. The summed E-state index contributed by atoms with van der Waals surface area (Å²) >= 11 is 0. The van der Waals surface area contributed by atoms with Gasteiger partial charge in [0.05, 0.1) is 6.21 Å². The van der Waals surface area contributed by atoms with Gasteiger partial charge in [0.1, 0.15) is 12.4 Å². The van der Waals surface area contributed by atoms with E-state index < -0.39 is 0 Å². The summed E-state index contributed by atoms with van der Waals surface area (Å²) in [5.74, 6) is 0.460. The van der Waals surface area contributed by atoms with Crippen LogP contribution in [0.1, 0.15) is 39.3 Å². The van der Waals surface area contributed by atoms with Crippen molar-refractivity contribution < 1.29 is 9.53 Å². The number of hydrogen-bond acceptors (Lipinski definition) is 4. The fraction of sp³-hybridized carbons (Fsp3) is 0.190. The van der Waals surface area contributed by atoms with Crippen molar-refractivity contribution in [1.29, 1.82) is 0 Å². The zero-order valence-electron chi connectivity index (χ0n) is 14.8. The minimum Gasteiger partial charge on any atom is -0.489 e. The molecule has 27 heavy (non-hydrogen) atoms. The SMILES string of the molecule is O=C(NN=Cc1cccc(OCc2ccccc2)c1)c1n[nH]c2c1CCC2. The van der Waals surface area contributed by atoms with Gasteiger partial charge >= 0.3 is 0 Å². The number of fused-ring (bicyclic) bond motifs is 1. The first kappa shape index (κ1) is 17.0. The molecule has 6 nitrogen and oxygen atoms in total. The van der Waals surface area contributed by atoms with E-state index in [1.165, 1.54) is 0 Å². The van der Waals surface area contributed by atoms with Crippen molar-refractivity contribution in [2.45, 2.75) is 25.9 Å². The third-order valence-electron chi connectivity index (χ3n) is 4.51. The van der Waals surface area contributed by atoms with E-state index in [1.54, 1.807) is 6.21 Å². The number of H-pyrrole nitrogens is 1. The van der Waals surface area contributed by atoms with E-state index in [1.807, 2.05) is 54.6 Å². The van der Waals surface area contributed by atoms with Crippen LogP contribution in [0.3, 0.4) is 0 Å². The number of hydrazone groups is 1. The first-order valence-corrected chi connectivity index (χ1v) is 8.96. The molecule has 136 valence electrons. The highest BCUT2D eigenvalue weighted by Crippen LogP contribution is 2.22. The van der Waals surface area contributed by atoms with Crippen LogP contribution in [-0.4, -0.2) is 22.3 Å². The van der Waals surface area contributed by atoms with E-state index in [4.69, 9.17) is 4.74 Å². The lowest BCUT2D eigenvalue weighted by Gasteiger charge is -2.06. The predicted octanol–water partition coefficient (Wildman–Crippen LogP) is 3.24. The molecule has 0 aliphatic heterocycles. The largest absolute Gasteiger partial charge is 0.489 e. The average Bonchev–Trinajstić information content (AvgIpc) is 3.31. The van der Waals surface area contributed by atoms with Gasteiger partial charge in [0.2, 0.25) is 0 Å². The summed E-state index contributed by atoms with van der Waals surface area (Å²) in [6, 6.07) is 17.6. The van der Waals surface area contributed by atoms with Gasteiger partial charge in [-0.15, -0.1) is 0 Å². The summed E-state index contributed by atoms with van der Waals surface area (Å²) in [5, 5.41) is 11.1. The number of aromatic nitrogens is 2. The number of carbonyl (C=O) groups is 1. The first-order valence-electron chi connectivity index (χ1n) is 8.96. The maximum absolute atomic E-state index is 12.2. The number of benzene rings is 2. The molecule has 0 unspecified atom stereocenters. The van der Waals surface area contributed by atoms with Gasteiger partial charge in [-0.3, -0.25) is 9.89 Å². The molecule has 0 fully saturated rings. The highest BCUT2D eigenvalue weighted by atomic mass is 16.5. The van der Waals surface area contributed by atoms with Crippen molar-refractivity contribution >= 4 is 12.1 Å². The van der Waals surface area contributed by atoms with Gasteiger partial charge in [0.25, 0.3) is 5.91 Å². The zero-order valence-corrected chi connectivity index (χ0v) is 14.8. The Hall–Kier alpha value is -3.41. The molecule has 6 heteroatoms. The Balaban J connectivity index is 1.35. The summed E-state index contributed by atoms with van der Waals surface area (Å²) in [4.78, 5) is 12.2. The number of aryl methyl sites for hydroxylation is 1. The van der Waals surface area contributed by atoms with Crippen molar-refractivity contribution in [3.63, 3.8) is 0 Å². The van der Waals surface area contributed by atoms with Gasteiger partial charge in [0, 0.05) is 11.3 Å². The molecular formula is C21H20N4O2. The third kappa shape index (κ3) is 4.06. The molecule has 0 atom stereocenters. The monoisotopic (exact) mass is 360 g/mol. The molecule has 1 amide bonds. The minimum absolute atomic E-state index is 0.290. The number of carbonyl (C=O) groups excluding carboxylic acids is 1. The molecule has 0 saturated heterocycles. The van der Waals surface area contributed by atoms with Crippen LogP contribution in [0.25, 0.3) is 0 Å². The second-order valence-corrected chi connectivity index (χ2v) is 6.43. The molecule has 3 aromatic rings. The third-order valence-corrected chi connectivity index (χ3v) is 4.51. The van der Waals surface area contributed by atoms with Gasteiger partial charge < -0.3 is 4.74 Å². The summed E-state index contributed by atoms with van der Waals surface area (Å²) in [6.45, 7) is 0.502. The van der Waals surface area contributed by atoms with Crippen LogP contribution in [0.2, 0.25) is 0 Å². The summed E-state index contributed by atoms with van der Waals surface area (Å²) in [7, 11) is 0. The van der Waals surface area contributed by atoms with Crippen molar-refractivity contribution in [1.82, 2.24) is 15.6 Å². The Kier molecular flexibility index (Phi) is 4.96. The van der Waals surface area contributed by atoms with E-state index in [2.05, 4.69) is 20.7 Å². The van der Waals surface area contributed by atoms with Crippen LogP contribution in [-0.2, 0) is 19.4 Å². The fourth-order valence-corrected chi connectivity index (χ4v) is 3.15. The zero-order chi connectivity index (χ0) is 18.5. The van der Waals surface area contributed by atoms with E-state index in [0.717, 1.165) is 47.4 Å². The number of ether oxygens (including phenoxy) is 1. The van der Waals surface area contributed by atoms with Crippen molar-refractivity contribution in [2.75, 3.05) is 0 Å². The van der Waals surface area contributed by atoms with Crippen LogP contribution in [0.5, 0.6) is 5.75 Å². The minimum atomic E-state index is -0.290. The number of nitrogens with one attached hydrogen (secondary N) is 2. The van der Waals surface area contributed by atoms with Gasteiger partial charge in [0.15, 0.2) is 5.69 Å². The molecule has 1 aliphatic carbocycles. The number of rotatable bonds is 6. The normalized spacial score (nSPS) is 12.9. The standard InChI is InChI=1S/C21H20N4O2/c26-21(20-18-10-5-11-19(18)23-24-20)25-22-13-16-8-4-9-17(12-16)27-14-15-6-2-1-3-7-15/h1-4,6-9,12-13H,5,10-11,14H2,(H,23,24)(H,25,26). The molecule has 1 heterocycles. The smallest absolute Gasteiger partial charge is 0.292 e. The van der Waals surface area contributed by atoms with Crippen LogP contribution in [0.4, 0.5) is 0 Å². The second kappa shape index (κ2) is 7.86. The van der Waals surface area contributed by atoms with Crippen LogP contribution < -0.4 is 10.2 Å². The Bertz CT molecular complexity index is 963. The summed E-state index contributed by atoms with van der Waals surface area (Å²) in [5.41, 5.74) is 7.01. The second-order valence-electron chi connectivity index (χ2n) is 6.43. The topological polar surface area (TPSA) is 79.4 Å². The molecule has 0 bridgehead atoms. The summed E-state index contributed by atoms with van der Waals surface area (Å²) < 4.78 is 5.81. The van der Waals surface area contributed by atoms with Crippen molar-refractivity contribution in [2.24, 2.45) is 5.10 Å². The maximum atomic E-state index is 12.2. The van der Waals surface area contributed by atoms with Crippen LogP contribution in [0, 0.1) is 0 Å². The van der Waals surface area contributed by atoms with E-state index >= 15 is 0 Å². The predicted molar refractivity (Wildman–Crippen MR) is 103 cm³/mol. The molecule has 1 aliphatic rings. The van der Waals surface area contributed by atoms with Gasteiger partial charge in [-0.05, 0) is 42.5 Å². The highest BCUT2D eigenvalue weighted by molar-refractivity contribution is 5.94. The fourth-order valence-electron chi connectivity index (χ4n) is 3.15. The highest BCUT2D eigenvalue weighted by Gasteiger charge is 2.22. The number of aromatic amines is 1. The molecular weight excluding hydrogens is 340 g/mol. The van der Waals surface area contributed by atoms with Crippen LogP contribution in [0.15, 0.2) is 59.7 Å². The molecule has 4 rings (SSSR count). The molecule has 2 N–H and O–H groups in total. The van der Waals surface area contributed by atoms with Gasteiger partial charge in [-0.25, -0.2) is 5.43 Å². The first-order chi connectivity index (χ1) is 13.3. The molecule has 0 spiro atoms. The van der Waals surface area contributed by atoms with Gasteiger partial charge in [-0.2, -0.15) is 10.2 Å². The number of hydrogen-bond donors (Lipinski definition) is 2. The Labute approximate surface area is 157 Å². The lowest BCUT2D eigenvalue weighted by Crippen LogP contribution is -2.19. The number of nitrogens with zero attached hydrogens (tertiary/aromatic N) is 2. The lowest BCUT2D eigenvalue weighted by atomic mass is 10.2. The maximum Gasteiger partial charge on any atom is 0.292 e. The Morgan fingerprint density at radius 1 is 1.19 bits per heavy atom. The molecule has 2 aromatic carbocycles. The Morgan fingerprint density at radius 3 is 2.96 bits per heavy atom. The molecule has 1 aromatic heterocycles. The van der Waals surface area contributed by atoms with Gasteiger partial charge in [-0.1, -0.05) is 42.5 Å². The van der Waals surface area contributed by atoms with Crippen molar-refractivity contribution in [3.8, 4) is 5.75 Å². The quantitative estimate of drug-likeness (QED) is 0.523. The Morgan fingerprint density at radius 2 is 2.07 bits per heavy atom. The van der Waals surface area contributed by atoms with Crippen LogP contribution >= 0.6 is 0 Å². The lowest BCUT2D eigenvalue weighted by molar-refractivity contribution is 0.0949. The van der Waals surface area contributed by atoms with E-state index in [0.29, 0.717) is 12.3 Å². The summed E-state index contributed by atoms with van der Waals surface area (Å²) in [6.07, 6.45) is 4.50. The van der Waals surface area contributed by atoms with E-state index in [9.17, 15) is 4.79 Å². The molecule has 0 radical (unpaired) electrons. The molecule has 0 saturated carbocycles. The number of amides is 1.